The molecule has 3 heteroatoms. The maximum Gasteiger partial charge on any atom is 0.230 e. The van der Waals surface area contributed by atoms with Gasteiger partial charge in [-0.25, -0.2) is 0 Å². The largest absolute Gasteiger partial charge is 0.277 e. The fourth-order valence-corrected chi connectivity index (χ4v) is 1.32. The predicted molar refractivity (Wildman–Crippen MR) is 52.2 cm³/mol. The highest BCUT2D eigenvalue weighted by atomic mass is 16.2. The van der Waals surface area contributed by atoms with Crippen molar-refractivity contribution in [2.24, 2.45) is 0 Å². The van der Waals surface area contributed by atoms with Gasteiger partial charge in [0, 0.05) is 18.4 Å². The van der Waals surface area contributed by atoms with Crippen molar-refractivity contribution < 1.29 is 9.59 Å². The third kappa shape index (κ3) is 2.83. The van der Waals surface area contributed by atoms with Crippen LogP contribution in [0.1, 0.15) is 47.5 Å². The highest BCUT2D eigenvalue weighted by Gasteiger charge is 2.36. The molecular formula is C10H19NO2. The zero-order valence-corrected chi connectivity index (χ0v) is 9.18. The molecule has 0 spiro atoms. The Balaban J connectivity index is 0.000000671. The summed E-state index contributed by atoms with van der Waals surface area (Å²) in [6.45, 7) is 9.61. The molecule has 3 nitrogen and oxygen atoms in total. The topological polar surface area (TPSA) is 37.4 Å². The van der Waals surface area contributed by atoms with Crippen LogP contribution in [-0.2, 0) is 9.59 Å². The minimum Gasteiger partial charge on any atom is -0.277 e. The van der Waals surface area contributed by atoms with Crippen molar-refractivity contribution in [3.63, 3.8) is 0 Å². The summed E-state index contributed by atoms with van der Waals surface area (Å²) in [6, 6.07) is 0. The number of hydrogen-bond acceptors (Lipinski definition) is 2. The van der Waals surface area contributed by atoms with E-state index in [4.69, 9.17) is 0 Å². The van der Waals surface area contributed by atoms with E-state index in [-0.39, 0.29) is 17.4 Å². The first-order valence-corrected chi connectivity index (χ1v) is 4.79. The number of carbonyl (C=O) groups excluding carboxylic acids is 2. The molecule has 1 aliphatic heterocycles. The van der Waals surface area contributed by atoms with Crippen LogP contribution in [0, 0.1) is 0 Å². The van der Waals surface area contributed by atoms with Crippen LogP contribution in [0.3, 0.4) is 0 Å². The smallest absolute Gasteiger partial charge is 0.230 e. The Kier molecular flexibility index (Phi) is 4.11. The van der Waals surface area contributed by atoms with Gasteiger partial charge in [0.25, 0.3) is 0 Å². The van der Waals surface area contributed by atoms with Crippen LogP contribution < -0.4 is 0 Å². The average Bonchev–Trinajstić information content (AvgIpc) is 2.33. The van der Waals surface area contributed by atoms with E-state index in [2.05, 4.69) is 0 Å². The maximum absolute atomic E-state index is 11.1. The second-order valence-electron chi connectivity index (χ2n) is 3.79. The van der Waals surface area contributed by atoms with Crippen molar-refractivity contribution >= 4 is 11.8 Å². The van der Waals surface area contributed by atoms with E-state index in [1.165, 1.54) is 4.90 Å². The fourth-order valence-electron chi connectivity index (χ4n) is 1.32. The van der Waals surface area contributed by atoms with E-state index in [1.54, 1.807) is 0 Å². The monoisotopic (exact) mass is 185 g/mol. The van der Waals surface area contributed by atoms with Crippen molar-refractivity contribution in [3.05, 3.63) is 0 Å². The maximum atomic E-state index is 11.1. The number of amides is 2. The quantitative estimate of drug-likeness (QED) is 0.541. The minimum atomic E-state index is -0.343. The standard InChI is InChI=1S/C8H13NO2.C2H6/c1-8(2,3)9-6(10)4-5-7(9)11;1-2/h4-5H2,1-3H3;1-2H3. The Hall–Kier alpha value is -0.860. The first-order chi connectivity index (χ1) is 5.93. The van der Waals surface area contributed by atoms with Crippen molar-refractivity contribution in [1.29, 1.82) is 0 Å². The van der Waals surface area contributed by atoms with Crippen molar-refractivity contribution in [2.75, 3.05) is 0 Å². The molecule has 1 fully saturated rings. The van der Waals surface area contributed by atoms with E-state index in [9.17, 15) is 9.59 Å². The van der Waals surface area contributed by atoms with Gasteiger partial charge in [0.15, 0.2) is 0 Å². The van der Waals surface area contributed by atoms with Crippen molar-refractivity contribution in [3.8, 4) is 0 Å². The van der Waals surface area contributed by atoms with Crippen LogP contribution in [0.2, 0.25) is 0 Å². The highest BCUT2D eigenvalue weighted by molar-refractivity contribution is 6.02. The lowest BCUT2D eigenvalue weighted by atomic mass is 10.1. The first-order valence-electron chi connectivity index (χ1n) is 4.79. The Labute approximate surface area is 80.1 Å². The summed E-state index contributed by atoms with van der Waals surface area (Å²) >= 11 is 0. The lowest BCUT2D eigenvalue weighted by Gasteiger charge is -2.29. The van der Waals surface area contributed by atoms with Crippen LogP contribution in [0.4, 0.5) is 0 Å². The number of carbonyl (C=O) groups is 2. The van der Waals surface area contributed by atoms with Gasteiger partial charge in [0.1, 0.15) is 0 Å². The van der Waals surface area contributed by atoms with Crippen LogP contribution in [0.5, 0.6) is 0 Å². The molecule has 2 amide bonds. The summed E-state index contributed by atoms with van der Waals surface area (Å²) in [5.41, 5.74) is -0.343. The lowest BCUT2D eigenvalue weighted by Crippen LogP contribution is -2.44. The summed E-state index contributed by atoms with van der Waals surface area (Å²) in [5.74, 6) is -0.0787. The number of nitrogens with zero attached hydrogens (tertiary/aromatic N) is 1. The van der Waals surface area contributed by atoms with E-state index >= 15 is 0 Å². The molecule has 1 aliphatic rings. The first kappa shape index (κ1) is 12.1. The Bertz CT molecular complexity index is 187. The van der Waals surface area contributed by atoms with E-state index in [0.29, 0.717) is 12.8 Å². The van der Waals surface area contributed by atoms with Gasteiger partial charge in [0.2, 0.25) is 11.8 Å². The summed E-state index contributed by atoms with van der Waals surface area (Å²) in [5, 5.41) is 0. The van der Waals surface area contributed by atoms with Gasteiger partial charge < -0.3 is 0 Å². The minimum absolute atomic E-state index is 0.0394. The molecule has 76 valence electrons. The molecule has 0 N–H and O–H groups in total. The molecule has 0 aromatic carbocycles. The molecule has 0 bridgehead atoms. The molecule has 0 aromatic heterocycles. The second-order valence-corrected chi connectivity index (χ2v) is 3.79. The third-order valence-corrected chi connectivity index (χ3v) is 1.72. The van der Waals surface area contributed by atoms with Crippen LogP contribution >= 0.6 is 0 Å². The van der Waals surface area contributed by atoms with Gasteiger partial charge in [-0.1, -0.05) is 13.8 Å². The highest BCUT2D eigenvalue weighted by Crippen LogP contribution is 2.22. The normalized spacial score (nSPS) is 17.2. The van der Waals surface area contributed by atoms with E-state index < -0.39 is 0 Å². The van der Waals surface area contributed by atoms with Gasteiger partial charge >= 0.3 is 0 Å². The van der Waals surface area contributed by atoms with Gasteiger partial charge in [0.05, 0.1) is 0 Å². The van der Waals surface area contributed by atoms with Crippen molar-refractivity contribution in [1.82, 2.24) is 4.90 Å². The van der Waals surface area contributed by atoms with E-state index in [1.807, 2.05) is 34.6 Å². The molecule has 13 heavy (non-hydrogen) atoms. The molecule has 0 radical (unpaired) electrons. The second kappa shape index (κ2) is 4.40. The van der Waals surface area contributed by atoms with Crippen molar-refractivity contribution in [2.45, 2.75) is 53.0 Å². The predicted octanol–water partition coefficient (Wildman–Crippen LogP) is 1.96. The summed E-state index contributed by atoms with van der Waals surface area (Å²) in [6.07, 6.45) is 0.770. The van der Waals surface area contributed by atoms with Gasteiger partial charge in [-0.15, -0.1) is 0 Å². The molecule has 1 heterocycles. The number of imide groups is 1. The molecule has 0 saturated carbocycles. The Morgan fingerprint density at radius 2 is 1.31 bits per heavy atom. The molecule has 0 atom stereocenters. The van der Waals surface area contributed by atoms with Gasteiger partial charge in [-0.05, 0) is 20.8 Å². The van der Waals surface area contributed by atoms with Gasteiger partial charge in [-0.3, -0.25) is 14.5 Å². The number of hydrogen-bond donors (Lipinski definition) is 0. The summed E-state index contributed by atoms with van der Waals surface area (Å²) < 4.78 is 0. The third-order valence-electron chi connectivity index (χ3n) is 1.72. The summed E-state index contributed by atoms with van der Waals surface area (Å²) in [4.78, 5) is 23.6. The molecule has 0 aliphatic carbocycles. The number of likely N-dealkylation sites (tertiary alicyclic amines) is 1. The lowest BCUT2D eigenvalue weighted by molar-refractivity contribution is -0.143. The number of rotatable bonds is 0. The van der Waals surface area contributed by atoms with Crippen LogP contribution in [0.25, 0.3) is 0 Å². The zero-order valence-electron chi connectivity index (χ0n) is 9.18. The Morgan fingerprint density at radius 3 is 1.46 bits per heavy atom. The molecule has 1 rings (SSSR count). The Morgan fingerprint density at radius 1 is 1.00 bits per heavy atom. The molecule has 1 saturated heterocycles. The molecular weight excluding hydrogens is 166 g/mol. The van der Waals surface area contributed by atoms with Gasteiger partial charge in [-0.2, -0.15) is 0 Å². The average molecular weight is 185 g/mol. The van der Waals surface area contributed by atoms with Crippen LogP contribution in [-0.4, -0.2) is 22.3 Å². The fraction of sp³-hybridized carbons (Fsp3) is 0.800. The van der Waals surface area contributed by atoms with Crippen LogP contribution in [0.15, 0.2) is 0 Å². The zero-order chi connectivity index (χ0) is 10.6. The molecule has 0 aromatic rings. The molecule has 0 unspecified atom stereocenters. The SMILES string of the molecule is CC.CC(C)(C)N1C(=O)CCC1=O. The summed E-state index contributed by atoms with van der Waals surface area (Å²) in [7, 11) is 0. The van der Waals surface area contributed by atoms with E-state index in [0.717, 1.165) is 0 Å².